The van der Waals surface area contributed by atoms with Gasteiger partial charge in [0.2, 0.25) is 5.91 Å². The Morgan fingerprint density at radius 1 is 1.39 bits per heavy atom. The normalized spacial score (nSPS) is 26.4. The molecule has 4 heteroatoms. The molecule has 1 saturated carbocycles. The minimum Gasteiger partial charge on any atom is -0.353 e. The Balaban J connectivity index is 2.33. The number of amides is 1. The largest absolute Gasteiger partial charge is 0.353 e. The van der Waals surface area contributed by atoms with E-state index in [1.165, 1.54) is 12.8 Å². The van der Waals surface area contributed by atoms with Crippen molar-refractivity contribution in [2.24, 2.45) is 11.7 Å². The molecule has 106 valence electrons. The van der Waals surface area contributed by atoms with Crippen molar-refractivity contribution in [1.29, 1.82) is 0 Å². The molecule has 3 atom stereocenters. The molecule has 1 fully saturated rings. The fraction of sp³-hybridized carbons (Fsp3) is 0.929. The molecule has 0 saturated heterocycles. The fourth-order valence-corrected chi connectivity index (χ4v) is 3.30. The molecule has 0 aliphatic heterocycles. The number of hydrogen-bond donors (Lipinski definition) is 2. The zero-order chi connectivity index (χ0) is 13.4. The van der Waals surface area contributed by atoms with Crippen LogP contribution in [0.25, 0.3) is 0 Å². The van der Waals surface area contributed by atoms with E-state index in [0.717, 1.165) is 37.2 Å². The molecular weight excluding hydrogens is 244 g/mol. The Bertz CT molecular complexity index is 248. The van der Waals surface area contributed by atoms with Gasteiger partial charge in [-0.15, -0.1) is 0 Å². The third kappa shape index (κ3) is 5.61. The summed E-state index contributed by atoms with van der Waals surface area (Å²) >= 11 is 1.93. The van der Waals surface area contributed by atoms with E-state index in [1.807, 2.05) is 11.8 Å². The first-order chi connectivity index (χ1) is 8.65. The molecule has 0 aromatic rings. The van der Waals surface area contributed by atoms with Gasteiger partial charge in [-0.2, -0.15) is 11.8 Å². The highest BCUT2D eigenvalue weighted by Gasteiger charge is 2.27. The van der Waals surface area contributed by atoms with Crippen LogP contribution in [0.5, 0.6) is 0 Å². The molecule has 0 heterocycles. The highest BCUT2D eigenvalue weighted by Crippen LogP contribution is 2.22. The third-order valence-corrected chi connectivity index (χ3v) is 4.63. The van der Waals surface area contributed by atoms with Crippen molar-refractivity contribution in [3.63, 3.8) is 0 Å². The van der Waals surface area contributed by atoms with Gasteiger partial charge in [-0.25, -0.2) is 0 Å². The number of thioether (sulfide) groups is 1. The van der Waals surface area contributed by atoms with Crippen LogP contribution >= 0.6 is 11.8 Å². The van der Waals surface area contributed by atoms with Crippen LogP contribution in [-0.2, 0) is 4.79 Å². The van der Waals surface area contributed by atoms with Gasteiger partial charge in [0, 0.05) is 12.1 Å². The molecular formula is C14H28N2OS. The van der Waals surface area contributed by atoms with E-state index < -0.39 is 0 Å². The minimum atomic E-state index is 0.0359. The molecule has 0 aromatic carbocycles. The van der Waals surface area contributed by atoms with Gasteiger partial charge in [0.1, 0.15) is 0 Å². The Morgan fingerprint density at radius 3 is 2.83 bits per heavy atom. The molecule has 3 nitrogen and oxygen atoms in total. The number of nitrogens with two attached hydrogens (primary N) is 1. The molecule has 1 aliphatic rings. The van der Waals surface area contributed by atoms with Crippen molar-refractivity contribution in [3.8, 4) is 0 Å². The summed E-state index contributed by atoms with van der Waals surface area (Å²) in [5.41, 5.74) is 6.11. The summed E-state index contributed by atoms with van der Waals surface area (Å²) < 4.78 is 0. The average molecular weight is 272 g/mol. The average Bonchev–Trinajstić information content (AvgIpc) is 2.54. The Labute approximate surface area is 116 Å². The van der Waals surface area contributed by atoms with Crippen LogP contribution in [0.15, 0.2) is 0 Å². The van der Waals surface area contributed by atoms with Gasteiger partial charge >= 0.3 is 0 Å². The summed E-state index contributed by atoms with van der Waals surface area (Å²) in [4.78, 5) is 12.2. The minimum absolute atomic E-state index is 0.0359. The maximum atomic E-state index is 12.2. The van der Waals surface area contributed by atoms with Crippen LogP contribution in [0.2, 0.25) is 0 Å². The van der Waals surface area contributed by atoms with E-state index >= 15 is 0 Å². The van der Waals surface area contributed by atoms with Gasteiger partial charge in [-0.1, -0.05) is 26.2 Å². The molecule has 0 bridgehead atoms. The monoisotopic (exact) mass is 272 g/mol. The van der Waals surface area contributed by atoms with E-state index in [2.05, 4.69) is 19.2 Å². The molecule has 1 rings (SSSR count). The second kappa shape index (κ2) is 8.81. The molecule has 1 amide bonds. The topological polar surface area (TPSA) is 55.1 Å². The highest BCUT2D eigenvalue weighted by atomic mass is 32.2. The van der Waals surface area contributed by atoms with Crippen molar-refractivity contribution in [2.45, 2.75) is 64.5 Å². The maximum absolute atomic E-state index is 12.2. The standard InChI is InChI=1S/C14H28N2OS/c1-3-18-10-9-11(2)16-14(17)12-7-5-4-6-8-13(12)15/h11-13H,3-10,15H2,1-2H3,(H,16,17). The Hall–Kier alpha value is -0.220. The number of carbonyl (C=O) groups excluding carboxylic acids is 1. The van der Waals surface area contributed by atoms with E-state index in [-0.39, 0.29) is 23.9 Å². The second-order valence-corrected chi connectivity index (χ2v) is 6.70. The number of carbonyl (C=O) groups is 1. The van der Waals surface area contributed by atoms with Crippen LogP contribution in [0, 0.1) is 5.92 Å². The summed E-state index contributed by atoms with van der Waals surface area (Å²) in [6, 6.07) is 0.330. The van der Waals surface area contributed by atoms with Crippen LogP contribution in [0.1, 0.15) is 52.4 Å². The zero-order valence-corrected chi connectivity index (χ0v) is 12.6. The summed E-state index contributed by atoms with van der Waals surface area (Å²) in [5.74, 6) is 2.48. The fourth-order valence-electron chi connectivity index (χ4n) is 2.49. The predicted molar refractivity (Wildman–Crippen MR) is 79.8 cm³/mol. The lowest BCUT2D eigenvalue weighted by Crippen LogP contribution is -2.44. The van der Waals surface area contributed by atoms with E-state index in [9.17, 15) is 4.79 Å². The first-order valence-electron chi connectivity index (χ1n) is 7.28. The second-order valence-electron chi connectivity index (χ2n) is 5.30. The first kappa shape index (κ1) is 15.8. The summed E-state index contributed by atoms with van der Waals surface area (Å²) in [7, 11) is 0. The van der Waals surface area contributed by atoms with Gasteiger partial charge in [-0.3, -0.25) is 4.79 Å². The van der Waals surface area contributed by atoms with Crippen LogP contribution in [0.4, 0.5) is 0 Å². The van der Waals surface area contributed by atoms with Crippen LogP contribution in [0.3, 0.4) is 0 Å². The lowest BCUT2D eigenvalue weighted by atomic mass is 9.94. The number of hydrogen-bond acceptors (Lipinski definition) is 3. The van der Waals surface area contributed by atoms with Gasteiger partial charge in [0.05, 0.1) is 5.92 Å². The first-order valence-corrected chi connectivity index (χ1v) is 8.44. The predicted octanol–water partition coefficient (Wildman–Crippen LogP) is 2.54. The van der Waals surface area contributed by atoms with Crippen LogP contribution < -0.4 is 11.1 Å². The van der Waals surface area contributed by atoms with Crippen LogP contribution in [-0.4, -0.2) is 29.5 Å². The van der Waals surface area contributed by atoms with Gasteiger partial charge < -0.3 is 11.1 Å². The van der Waals surface area contributed by atoms with E-state index in [0.29, 0.717) is 0 Å². The SMILES string of the molecule is CCSCCC(C)NC(=O)C1CCCCCC1N. The van der Waals surface area contributed by atoms with Gasteiger partial charge in [0.15, 0.2) is 0 Å². The molecule has 0 aromatic heterocycles. The summed E-state index contributed by atoms with van der Waals surface area (Å²) in [6.07, 6.45) is 6.55. The molecule has 0 radical (unpaired) electrons. The lowest BCUT2D eigenvalue weighted by molar-refractivity contribution is -0.126. The Morgan fingerprint density at radius 2 is 2.11 bits per heavy atom. The quantitative estimate of drug-likeness (QED) is 0.577. The van der Waals surface area contributed by atoms with Gasteiger partial charge in [-0.05, 0) is 37.7 Å². The Kier molecular flexibility index (Phi) is 7.75. The van der Waals surface area contributed by atoms with Crippen molar-refractivity contribution in [3.05, 3.63) is 0 Å². The molecule has 18 heavy (non-hydrogen) atoms. The third-order valence-electron chi connectivity index (χ3n) is 3.69. The maximum Gasteiger partial charge on any atom is 0.224 e. The smallest absolute Gasteiger partial charge is 0.224 e. The van der Waals surface area contributed by atoms with E-state index in [1.54, 1.807) is 0 Å². The molecule has 0 spiro atoms. The van der Waals surface area contributed by atoms with Crippen molar-refractivity contribution in [2.75, 3.05) is 11.5 Å². The highest BCUT2D eigenvalue weighted by molar-refractivity contribution is 7.99. The van der Waals surface area contributed by atoms with Crippen molar-refractivity contribution < 1.29 is 4.79 Å². The number of rotatable bonds is 6. The van der Waals surface area contributed by atoms with Crippen molar-refractivity contribution >= 4 is 17.7 Å². The molecule has 3 unspecified atom stereocenters. The summed E-state index contributed by atoms with van der Waals surface area (Å²) in [6.45, 7) is 4.26. The lowest BCUT2D eigenvalue weighted by Gasteiger charge is -2.23. The molecule has 1 aliphatic carbocycles. The zero-order valence-electron chi connectivity index (χ0n) is 11.8. The molecule has 3 N–H and O–H groups in total. The van der Waals surface area contributed by atoms with Gasteiger partial charge in [0.25, 0.3) is 0 Å². The van der Waals surface area contributed by atoms with E-state index in [4.69, 9.17) is 5.73 Å². The summed E-state index contributed by atoms with van der Waals surface area (Å²) in [5, 5.41) is 3.13. The number of nitrogens with one attached hydrogen (secondary N) is 1. The van der Waals surface area contributed by atoms with Crippen molar-refractivity contribution in [1.82, 2.24) is 5.32 Å².